The van der Waals surface area contributed by atoms with E-state index in [2.05, 4.69) is 28.6 Å². The summed E-state index contributed by atoms with van der Waals surface area (Å²) in [4.78, 5) is 26.5. The average molecular weight is 736 g/mol. The second-order valence-corrected chi connectivity index (χ2v) is 15.7. The minimum absolute atomic E-state index is 0.00615. The molecule has 0 saturated carbocycles. The fraction of sp³-hybridized carbons (Fsp3) is 0.405. The summed E-state index contributed by atoms with van der Waals surface area (Å²) in [6.07, 6.45) is 2.25. The number of rotatable bonds is 10. The molecule has 4 heterocycles. The predicted molar refractivity (Wildman–Crippen MR) is 191 cm³/mol. The third-order valence-corrected chi connectivity index (χ3v) is 12.3. The number of nitrogens with zero attached hydrogens (tertiary/aromatic N) is 5. The first-order chi connectivity index (χ1) is 24.5. The third kappa shape index (κ3) is 6.09. The van der Waals surface area contributed by atoms with E-state index in [1.54, 1.807) is 23.1 Å². The standard InChI is InChI=1S/C37H42ClN5O7S/c1-24(2)41-16-14-40(15-17-41)22-25-5-11-30(34(19-25)49-4)37(42-23-27(44)21-33(42)35-39-13-18-50-35)31-20-26(38)6-12-32(31)43(36(37)45)51(46,47)29-9-7-28(48-3)8-10-29/h5-13,18-20,24,27,33,44H,14-17,21-23H2,1-4H3/t27-,33+,37?/m1/s1. The van der Waals surface area contributed by atoms with Crippen LogP contribution in [0.4, 0.5) is 5.69 Å². The quantitative estimate of drug-likeness (QED) is 0.244. The molecule has 51 heavy (non-hydrogen) atoms. The van der Waals surface area contributed by atoms with E-state index in [-0.39, 0.29) is 29.4 Å². The number of carbonyl (C=O) groups excluding carboxylic acids is 1. The molecular weight excluding hydrogens is 694 g/mol. The largest absolute Gasteiger partial charge is 0.497 e. The first-order valence-corrected chi connectivity index (χ1v) is 18.8. The highest BCUT2D eigenvalue weighted by molar-refractivity contribution is 7.93. The summed E-state index contributed by atoms with van der Waals surface area (Å²) in [6, 6.07) is 16.1. The minimum atomic E-state index is -4.48. The molecule has 3 atom stereocenters. The lowest BCUT2D eigenvalue weighted by Crippen LogP contribution is -2.55. The Bertz CT molecular complexity index is 2000. The molecule has 1 unspecified atom stereocenters. The number of fused-ring (bicyclic) bond motifs is 1. The molecule has 0 aliphatic carbocycles. The molecule has 0 spiro atoms. The fourth-order valence-corrected chi connectivity index (χ4v) is 9.41. The number of carbonyl (C=O) groups is 1. The minimum Gasteiger partial charge on any atom is -0.497 e. The topological polar surface area (TPSA) is 129 Å². The number of halogens is 1. The van der Waals surface area contributed by atoms with Crippen molar-refractivity contribution < 1.29 is 32.2 Å². The van der Waals surface area contributed by atoms with E-state index in [4.69, 9.17) is 25.5 Å². The number of methoxy groups -OCH3 is 2. The molecule has 0 radical (unpaired) electrons. The summed E-state index contributed by atoms with van der Waals surface area (Å²) in [5.41, 5.74) is 0.0304. The molecular formula is C37H42ClN5O7S. The van der Waals surface area contributed by atoms with Crippen LogP contribution in [-0.4, -0.2) is 98.2 Å². The first kappa shape index (κ1) is 35.4. The molecule has 7 rings (SSSR count). The molecule has 0 bridgehead atoms. The number of benzene rings is 3. The monoisotopic (exact) mass is 735 g/mol. The highest BCUT2D eigenvalue weighted by Crippen LogP contribution is 2.57. The van der Waals surface area contributed by atoms with Gasteiger partial charge in [0.25, 0.3) is 15.9 Å². The number of amides is 1. The van der Waals surface area contributed by atoms with E-state index in [0.29, 0.717) is 40.2 Å². The Morgan fingerprint density at radius 1 is 1.00 bits per heavy atom. The zero-order valence-electron chi connectivity index (χ0n) is 29.0. The van der Waals surface area contributed by atoms with Crippen molar-refractivity contribution in [2.24, 2.45) is 0 Å². The van der Waals surface area contributed by atoms with Crippen LogP contribution in [0.15, 0.2) is 82.4 Å². The second kappa shape index (κ2) is 13.9. The van der Waals surface area contributed by atoms with E-state index >= 15 is 4.79 Å². The summed E-state index contributed by atoms with van der Waals surface area (Å²) in [6.45, 7) is 8.87. The van der Waals surface area contributed by atoms with Gasteiger partial charge in [-0.3, -0.25) is 19.5 Å². The van der Waals surface area contributed by atoms with Crippen LogP contribution < -0.4 is 13.8 Å². The maximum Gasteiger partial charge on any atom is 0.271 e. The molecule has 3 aromatic carbocycles. The molecule has 3 aliphatic rings. The number of hydrogen-bond donors (Lipinski definition) is 1. The van der Waals surface area contributed by atoms with Gasteiger partial charge in [-0.2, -0.15) is 0 Å². The van der Waals surface area contributed by atoms with E-state index < -0.39 is 33.6 Å². The zero-order chi connectivity index (χ0) is 36.1. The van der Waals surface area contributed by atoms with Gasteiger partial charge in [0.05, 0.1) is 43.1 Å². The van der Waals surface area contributed by atoms with Crippen LogP contribution in [0.3, 0.4) is 0 Å². The Morgan fingerprint density at radius 3 is 2.39 bits per heavy atom. The van der Waals surface area contributed by atoms with E-state index in [1.165, 1.54) is 50.9 Å². The molecule has 3 aliphatic heterocycles. The van der Waals surface area contributed by atoms with Crippen molar-refractivity contribution in [3.63, 3.8) is 0 Å². The first-order valence-electron chi connectivity index (χ1n) is 17.0. The third-order valence-electron chi connectivity index (χ3n) is 10.3. The Hall–Kier alpha value is -3.98. The number of likely N-dealkylation sites (tertiary alicyclic amines) is 1. The van der Waals surface area contributed by atoms with Crippen molar-refractivity contribution >= 4 is 33.2 Å². The fourth-order valence-electron chi connectivity index (χ4n) is 7.78. The lowest BCUT2D eigenvalue weighted by atomic mass is 9.80. The van der Waals surface area contributed by atoms with Gasteiger partial charge in [-0.25, -0.2) is 17.7 Å². The number of β-amino-alcohol motifs (C(OH)–C–C–N with tert-alkyl or cyclic N) is 1. The summed E-state index contributed by atoms with van der Waals surface area (Å²) in [5, 5.41) is 11.5. The van der Waals surface area contributed by atoms with Crippen molar-refractivity contribution in [1.29, 1.82) is 0 Å². The van der Waals surface area contributed by atoms with Gasteiger partial charge in [0.2, 0.25) is 5.89 Å². The van der Waals surface area contributed by atoms with Crippen LogP contribution >= 0.6 is 11.6 Å². The summed E-state index contributed by atoms with van der Waals surface area (Å²) >= 11 is 6.67. The zero-order valence-corrected chi connectivity index (χ0v) is 30.6. The van der Waals surface area contributed by atoms with Gasteiger partial charge in [-0.1, -0.05) is 23.7 Å². The lowest BCUT2D eigenvalue weighted by molar-refractivity contribution is -0.127. The van der Waals surface area contributed by atoms with Crippen molar-refractivity contribution in [2.75, 3.05) is 51.2 Å². The Kier molecular flexibility index (Phi) is 9.63. The van der Waals surface area contributed by atoms with Crippen LogP contribution in [0.1, 0.15) is 48.9 Å². The van der Waals surface area contributed by atoms with Crippen LogP contribution in [0, 0.1) is 0 Å². The van der Waals surface area contributed by atoms with Gasteiger partial charge in [0.15, 0.2) is 5.54 Å². The Labute approximate surface area is 303 Å². The highest BCUT2D eigenvalue weighted by atomic mass is 35.5. The Morgan fingerprint density at radius 2 is 1.75 bits per heavy atom. The van der Waals surface area contributed by atoms with Crippen LogP contribution in [0.2, 0.25) is 5.02 Å². The van der Waals surface area contributed by atoms with Crippen molar-refractivity contribution in [1.82, 2.24) is 19.7 Å². The predicted octanol–water partition coefficient (Wildman–Crippen LogP) is 4.66. The van der Waals surface area contributed by atoms with Gasteiger partial charge in [0.1, 0.15) is 17.8 Å². The molecule has 12 nitrogen and oxygen atoms in total. The maximum absolute atomic E-state index is 15.5. The molecule has 2 fully saturated rings. The average Bonchev–Trinajstić information content (AvgIpc) is 3.85. The highest BCUT2D eigenvalue weighted by Gasteiger charge is 2.63. The number of hydrogen-bond acceptors (Lipinski definition) is 11. The van der Waals surface area contributed by atoms with E-state index in [9.17, 15) is 13.5 Å². The van der Waals surface area contributed by atoms with Crippen molar-refractivity contribution in [3.8, 4) is 11.5 Å². The number of sulfonamides is 1. The number of piperazine rings is 1. The summed E-state index contributed by atoms with van der Waals surface area (Å²) < 4.78 is 47.1. The number of aromatic nitrogens is 1. The van der Waals surface area contributed by atoms with Crippen LogP contribution in [0.25, 0.3) is 0 Å². The maximum atomic E-state index is 15.5. The van der Waals surface area contributed by atoms with Gasteiger partial charge in [-0.05, 0) is 74.4 Å². The Balaban J connectivity index is 1.40. The summed E-state index contributed by atoms with van der Waals surface area (Å²) in [7, 11) is -1.46. The van der Waals surface area contributed by atoms with Gasteiger partial charge in [-0.15, -0.1) is 0 Å². The number of aliphatic hydroxyl groups is 1. The molecule has 14 heteroatoms. The lowest BCUT2D eigenvalue weighted by Gasteiger charge is -2.41. The molecule has 4 aromatic rings. The molecule has 270 valence electrons. The molecule has 2 saturated heterocycles. The van der Waals surface area contributed by atoms with Gasteiger partial charge < -0.3 is 19.0 Å². The van der Waals surface area contributed by atoms with E-state index in [0.717, 1.165) is 36.0 Å². The van der Waals surface area contributed by atoms with E-state index in [1.807, 2.05) is 18.2 Å². The van der Waals surface area contributed by atoms with Gasteiger partial charge in [0, 0.05) is 61.5 Å². The van der Waals surface area contributed by atoms with Crippen molar-refractivity contribution in [2.45, 2.75) is 55.4 Å². The molecule has 1 amide bonds. The van der Waals surface area contributed by atoms with Crippen LogP contribution in [-0.2, 0) is 26.9 Å². The van der Waals surface area contributed by atoms with Gasteiger partial charge >= 0.3 is 0 Å². The number of oxazole rings is 1. The molecule has 1 aromatic heterocycles. The number of anilines is 1. The normalized spacial score (nSPS) is 23.3. The van der Waals surface area contributed by atoms with Crippen molar-refractivity contribution in [3.05, 3.63) is 101 Å². The SMILES string of the molecule is COc1ccc(S(=O)(=O)N2C(=O)C(c3ccc(CN4CCN(C(C)C)CC4)cc3OC)(N3C[C@H](O)C[C@H]3c3ncco3)c3cc(Cl)ccc32)cc1. The number of aliphatic hydroxyl groups excluding tert-OH is 1. The second-order valence-electron chi connectivity index (χ2n) is 13.5. The van der Waals surface area contributed by atoms with Crippen LogP contribution in [0.5, 0.6) is 11.5 Å². The summed E-state index contributed by atoms with van der Waals surface area (Å²) in [5.74, 6) is 0.380. The number of ether oxygens (including phenoxy) is 2. The smallest absolute Gasteiger partial charge is 0.271 e. The molecule has 1 N–H and O–H groups in total.